The van der Waals surface area contributed by atoms with Gasteiger partial charge in [0.25, 0.3) is 5.91 Å². The Morgan fingerprint density at radius 1 is 1.06 bits per heavy atom. The minimum atomic E-state index is -0.289. The molecule has 1 N–H and O–H groups in total. The van der Waals surface area contributed by atoms with E-state index >= 15 is 0 Å². The number of nitrogens with zero attached hydrogens (tertiary/aromatic N) is 3. The van der Waals surface area contributed by atoms with Crippen molar-refractivity contribution in [2.75, 3.05) is 0 Å². The molecule has 2 aromatic heterocycles. The van der Waals surface area contributed by atoms with Gasteiger partial charge in [-0.1, -0.05) is 62.4 Å². The summed E-state index contributed by atoms with van der Waals surface area (Å²) in [6.45, 7) is 4.40. The number of hydrogen-bond acceptors (Lipinski definition) is 4. The number of hydrazone groups is 1. The number of carbonyl (C=O) groups excluding carboxylic acids is 1. The molecule has 1 amide bonds. The monoisotopic (exact) mass is 408 g/mol. The van der Waals surface area contributed by atoms with Gasteiger partial charge in [-0.05, 0) is 42.2 Å². The van der Waals surface area contributed by atoms with Crippen molar-refractivity contribution in [3.8, 4) is 11.3 Å². The van der Waals surface area contributed by atoms with Crippen molar-refractivity contribution in [1.29, 1.82) is 0 Å². The van der Waals surface area contributed by atoms with Crippen LogP contribution in [0.1, 0.15) is 47.8 Å². The Labute approximate surface area is 181 Å². The zero-order chi connectivity index (χ0) is 21.6. The largest absolute Gasteiger partial charge is 0.272 e. The highest BCUT2D eigenvalue weighted by atomic mass is 16.2. The van der Waals surface area contributed by atoms with Gasteiger partial charge in [0.2, 0.25) is 0 Å². The molecule has 0 radical (unpaired) electrons. The third-order valence-electron chi connectivity index (χ3n) is 5.40. The van der Waals surface area contributed by atoms with Crippen LogP contribution in [0.3, 0.4) is 0 Å². The van der Waals surface area contributed by atoms with Crippen LogP contribution in [0.25, 0.3) is 22.2 Å². The summed E-state index contributed by atoms with van der Waals surface area (Å²) >= 11 is 0. The summed E-state index contributed by atoms with van der Waals surface area (Å²) in [6, 6.07) is 23.4. The van der Waals surface area contributed by atoms with Gasteiger partial charge < -0.3 is 0 Å². The summed E-state index contributed by atoms with van der Waals surface area (Å²) in [5.74, 6) is 0.222. The predicted octanol–water partition coefficient (Wildman–Crippen LogP) is 5.57. The Morgan fingerprint density at radius 2 is 1.84 bits per heavy atom. The molecule has 5 nitrogen and oxygen atoms in total. The van der Waals surface area contributed by atoms with Gasteiger partial charge in [0.05, 0.1) is 28.7 Å². The minimum Gasteiger partial charge on any atom is -0.267 e. The van der Waals surface area contributed by atoms with Crippen molar-refractivity contribution < 1.29 is 4.79 Å². The summed E-state index contributed by atoms with van der Waals surface area (Å²) in [4.78, 5) is 21.9. The highest BCUT2D eigenvalue weighted by Gasteiger charge is 2.14. The SMILES string of the molecule is CCC(C)c1ccc(-c2cc(C(=O)N/N=C/c3ccccn3)c3ccccc3n2)cc1. The van der Waals surface area contributed by atoms with E-state index in [-0.39, 0.29) is 5.91 Å². The topological polar surface area (TPSA) is 67.2 Å². The van der Waals surface area contributed by atoms with Crippen LogP contribution in [-0.4, -0.2) is 22.1 Å². The lowest BCUT2D eigenvalue weighted by atomic mass is 9.96. The van der Waals surface area contributed by atoms with E-state index in [1.54, 1.807) is 6.20 Å². The summed E-state index contributed by atoms with van der Waals surface area (Å²) in [6.07, 6.45) is 4.30. The molecule has 0 aliphatic heterocycles. The molecule has 0 aliphatic carbocycles. The quantitative estimate of drug-likeness (QED) is 0.335. The number of pyridine rings is 2. The first-order valence-electron chi connectivity index (χ1n) is 10.4. The average molecular weight is 409 g/mol. The summed E-state index contributed by atoms with van der Waals surface area (Å²) in [5, 5.41) is 4.85. The second-order valence-corrected chi connectivity index (χ2v) is 7.46. The van der Waals surface area contributed by atoms with Gasteiger partial charge in [0.15, 0.2) is 0 Å². The third-order valence-corrected chi connectivity index (χ3v) is 5.40. The van der Waals surface area contributed by atoms with Crippen molar-refractivity contribution >= 4 is 23.0 Å². The number of amides is 1. The van der Waals surface area contributed by atoms with Crippen molar-refractivity contribution in [2.45, 2.75) is 26.2 Å². The maximum absolute atomic E-state index is 12.9. The maximum Gasteiger partial charge on any atom is 0.272 e. The highest BCUT2D eigenvalue weighted by Crippen LogP contribution is 2.27. The van der Waals surface area contributed by atoms with Crippen LogP contribution in [0.15, 0.2) is 84.1 Å². The molecule has 0 bridgehead atoms. The van der Waals surface area contributed by atoms with Crippen LogP contribution < -0.4 is 5.43 Å². The van der Waals surface area contributed by atoms with Crippen LogP contribution >= 0.6 is 0 Å². The molecule has 1 atom stereocenters. The van der Waals surface area contributed by atoms with E-state index in [2.05, 4.69) is 53.6 Å². The summed E-state index contributed by atoms with van der Waals surface area (Å²) in [7, 11) is 0. The normalized spacial score (nSPS) is 12.2. The average Bonchev–Trinajstić information content (AvgIpc) is 2.83. The predicted molar refractivity (Wildman–Crippen MR) is 125 cm³/mol. The molecule has 31 heavy (non-hydrogen) atoms. The van der Waals surface area contributed by atoms with Crippen LogP contribution in [-0.2, 0) is 0 Å². The second-order valence-electron chi connectivity index (χ2n) is 7.46. The van der Waals surface area contributed by atoms with Crippen molar-refractivity contribution in [2.24, 2.45) is 5.10 Å². The fraction of sp³-hybridized carbons (Fsp3) is 0.154. The van der Waals surface area contributed by atoms with E-state index in [4.69, 9.17) is 4.98 Å². The van der Waals surface area contributed by atoms with Crippen molar-refractivity contribution in [1.82, 2.24) is 15.4 Å². The number of rotatable bonds is 6. The molecule has 4 rings (SSSR count). The fourth-order valence-electron chi connectivity index (χ4n) is 3.40. The Bertz CT molecular complexity index is 1220. The lowest BCUT2D eigenvalue weighted by Crippen LogP contribution is -2.18. The second kappa shape index (κ2) is 9.30. The van der Waals surface area contributed by atoms with Gasteiger partial charge in [-0.2, -0.15) is 5.10 Å². The Kier molecular flexibility index (Phi) is 6.13. The molecule has 5 heteroatoms. The van der Waals surface area contributed by atoms with Gasteiger partial charge in [0, 0.05) is 17.1 Å². The minimum absolute atomic E-state index is 0.289. The summed E-state index contributed by atoms with van der Waals surface area (Å²) < 4.78 is 0. The van der Waals surface area contributed by atoms with E-state index in [0.717, 1.165) is 28.6 Å². The smallest absolute Gasteiger partial charge is 0.267 e. The molecular formula is C26H24N4O. The Balaban J connectivity index is 1.66. The van der Waals surface area contributed by atoms with Gasteiger partial charge in [-0.3, -0.25) is 9.78 Å². The van der Waals surface area contributed by atoms with E-state index in [0.29, 0.717) is 17.2 Å². The molecule has 0 fully saturated rings. The number of hydrogen-bond donors (Lipinski definition) is 1. The van der Waals surface area contributed by atoms with Crippen LogP contribution in [0, 0.1) is 0 Å². The molecule has 1 unspecified atom stereocenters. The molecule has 0 saturated heterocycles. The number of fused-ring (bicyclic) bond motifs is 1. The molecule has 0 saturated carbocycles. The number of aromatic nitrogens is 2. The van der Waals surface area contributed by atoms with E-state index in [9.17, 15) is 4.79 Å². The standard InChI is InChI=1S/C26H24N4O/c1-3-18(2)19-11-13-20(14-12-19)25-16-23(22-9-4-5-10-24(22)29-25)26(31)30-28-17-21-8-6-7-15-27-21/h4-18H,3H2,1-2H3,(H,30,31)/b28-17+. The number of benzene rings is 2. The van der Waals surface area contributed by atoms with Gasteiger partial charge in [0.1, 0.15) is 0 Å². The van der Waals surface area contributed by atoms with Crippen molar-refractivity contribution in [3.05, 3.63) is 95.8 Å². The zero-order valence-corrected chi connectivity index (χ0v) is 17.6. The van der Waals surface area contributed by atoms with Crippen LogP contribution in [0.5, 0.6) is 0 Å². The fourth-order valence-corrected chi connectivity index (χ4v) is 3.40. The van der Waals surface area contributed by atoms with Gasteiger partial charge >= 0.3 is 0 Å². The van der Waals surface area contributed by atoms with Gasteiger partial charge in [-0.15, -0.1) is 0 Å². The summed E-state index contributed by atoms with van der Waals surface area (Å²) in [5.41, 5.74) is 7.62. The first kappa shape index (κ1) is 20.4. The molecule has 2 aromatic carbocycles. The molecule has 2 heterocycles. The molecule has 0 aliphatic rings. The van der Waals surface area contributed by atoms with E-state index in [1.807, 2.05) is 48.5 Å². The van der Waals surface area contributed by atoms with E-state index < -0.39 is 0 Å². The third kappa shape index (κ3) is 4.67. The zero-order valence-electron chi connectivity index (χ0n) is 17.6. The first-order valence-corrected chi connectivity index (χ1v) is 10.4. The first-order chi connectivity index (χ1) is 15.2. The Hall–Kier alpha value is -3.86. The lowest BCUT2D eigenvalue weighted by Gasteiger charge is -2.11. The molecule has 4 aromatic rings. The lowest BCUT2D eigenvalue weighted by molar-refractivity contribution is 0.0956. The van der Waals surface area contributed by atoms with E-state index in [1.165, 1.54) is 11.8 Å². The number of para-hydroxylation sites is 1. The number of nitrogens with one attached hydrogen (secondary N) is 1. The molecule has 154 valence electrons. The Morgan fingerprint density at radius 3 is 2.58 bits per heavy atom. The van der Waals surface area contributed by atoms with Crippen molar-refractivity contribution in [3.63, 3.8) is 0 Å². The number of carbonyl (C=O) groups is 1. The van der Waals surface area contributed by atoms with Crippen LogP contribution in [0.4, 0.5) is 0 Å². The van der Waals surface area contributed by atoms with Crippen LogP contribution in [0.2, 0.25) is 0 Å². The maximum atomic E-state index is 12.9. The molecular weight excluding hydrogens is 384 g/mol. The highest BCUT2D eigenvalue weighted by molar-refractivity contribution is 6.07. The molecule has 0 spiro atoms. The van der Waals surface area contributed by atoms with Gasteiger partial charge in [-0.25, -0.2) is 10.4 Å².